The van der Waals surface area contributed by atoms with E-state index in [4.69, 9.17) is 4.74 Å². The maximum atomic E-state index is 11.4. The Morgan fingerprint density at radius 1 is 1.53 bits per heavy atom. The van der Waals surface area contributed by atoms with Crippen LogP contribution in [-0.4, -0.2) is 63.4 Å². The lowest BCUT2D eigenvalue weighted by Crippen LogP contribution is -2.37. The van der Waals surface area contributed by atoms with E-state index < -0.39 is 21.5 Å². The number of hydrogen-bond donors (Lipinski definition) is 0. The fourth-order valence-corrected chi connectivity index (χ4v) is 2.33. The Morgan fingerprint density at radius 3 is 2.47 bits per heavy atom. The lowest BCUT2D eigenvalue weighted by Gasteiger charge is -2.19. The van der Waals surface area contributed by atoms with Gasteiger partial charge in [-0.25, -0.2) is 8.42 Å². The number of ether oxygens (including phenoxy) is 1. The first-order valence-electron chi connectivity index (χ1n) is 4.31. The Kier molecular flexibility index (Phi) is 6.38. The molecular weight excluding hydrogens is 286 g/mol. The Hall–Kier alpha value is -0.140. The highest BCUT2D eigenvalue weighted by molar-refractivity contribution is 9.09. The molecule has 0 radical (unpaired) electrons. The fraction of sp³-hybridized carbons (Fsp3) is 0.875. The molecule has 0 saturated carbocycles. The number of carbonyl (C=O) groups is 1. The van der Waals surface area contributed by atoms with Crippen molar-refractivity contribution in [2.24, 2.45) is 0 Å². The Bertz CT molecular complexity index is 304. The van der Waals surface area contributed by atoms with Gasteiger partial charge in [0.05, 0.1) is 11.4 Å². The van der Waals surface area contributed by atoms with E-state index in [1.165, 1.54) is 4.90 Å². The summed E-state index contributed by atoms with van der Waals surface area (Å²) in [7, 11) is -0.125. The van der Waals surface area contributed by atoms with Gasteiger partial charge in [-0.05, 0) is 0 Å². The van der Waals surface area contributed by atoms with Crippen molar-refractivity contribution in [3.63, 3.8) is 0 Å². The SMILES string of the molecule is COCC(Br)CN(C)C(=O)CS(C)(=O)=O. The third kappa shape index (κ3) is 7.75. The number of sulfone groups is 1. The van der Waals surface area contributed by atoms with Crippen molar-refractivity contribution in [2.75, 3.05) is 39.3 Å². The summed E-state index contributed by atoms with van der Waals surface area (Å²) >= 11 is 3.32. The topological polar surface area (TPSA) is 63.7 Å². The largest absolute Gasteiger partial charge is 0.383 e. The predicted octanol–water partition coefficient (Wildman–Crippen LogP) is -0.101. The second-order valence-electron chi connectivity index (χ2n) is 3.40. The van der Waals surface area contributed by atoms with E-state index in [2.05, 4.69) is 15.9 Å². The van der Waals surface area contributed by atoms with Gasteiger partial charge >= 0.3 is 0 Å². The molecule has 0 aliphatic carbocycles. The van der Waals surface area contributed by atoms with Crippen LogP contribution in [0.4, 0.5) is 0 Å². The summed E-state index contributed by atoms with van der Waals surface area (Å²) in [5.41, 5.74) is 0. The second-order valence-corrected chi connectivity index (χ2v) is 6.83. The van der Waals surface area contributed by atoms with Crippen LogP contribution in [0.3, 0.4) is 0 Å². The number of methoxy groups -OCH3 is 1. The summed E-state index contributed by atoms with van der Waals surface area (Å²) in [6.07, 6.45) is 1.04. The molecule has 1 unspecified atom stereocenters. The van der Waals surface area contributed by atoms with Crippen molar-refractivity contribution >= 4 is 31.7 Å². The van der Waals surface area contributed by atoms with E-state index in [-0.39, 0.29) is 4.83 Å². The highest BCUT2D eigenvalue weighted by atomic mass is 79.9. The van der Waals surface area contributed by atoms with Gasteiger partial charge in [0, 0.05) is 27.0 Å². The minimum atomic E-state index is -3.25. The minimum Gasteiger partial charge on any atom is -0.383 e. The van der Waals surface area contributed by atoms with Crippen LogP contribution in [0.2, 0.25) is 0 Å². The van der Waals surface area contributed by atoms with E-state index in [0.717, 1.165) is 6.26 Å². The number of nitrogens with zero attached hydrogens (tertiary/aromatic N) is 1. The lowest BCUT2D eigenvalue weighted by molar-refractivity contribution is -0.127. The van der Waals surface area contributed by atoms with E-state index in [0.29, 0.717) is 13.2 Å². The molecule has 0 bridgehead atoms. The van der Waals surface area contributed by atoms with E-state index in [1.54, 1.807) is 14.2 Å². The quantitative estimate of drug-likeness (QED) is 0.643. The second kappa shape index (κ2) is 6.44. The number of amides is 1. The molecule has 0 aromatic rings. The molecule has 0 rings (SSSR count). The average molecular weight is 302 g/mol. The predicted molar refractivity (Wildman–Crippen MR) is 61.9 cm³/mol. The minimum absolute atomic E-state index is 0.0102. The molecule has 90 valence electrons. The van der Waals surface area contributed by atoms with Crippen molar-refractivity contribution in [1.29, 1.82) is 0 Å². The summed E-state index contributed by atoms with van der Waals surface area (Å²) in [4.78, 5) is 12.8. The van der Waals surface area contributed by atoms with Crippen LogP contribution in [0.1, 0.15) is 0 Å². The standard InChI is InChI=1S/C8H16BrNO4S/c1-10(4-7(9)5-14-2)8(11)6-15(3,12)13/h7H,4-6H2,1-3H3. The maximum absolute atomic E-state index is 11.4. The molecule has 5 nitrogen and oxygen atoms in total. The summed E-state index contributed by atoms with van der Waals surface area (Å²) in [5.74, 6) is -0.853. The highest BCUT2D eigenvalue weighted by Gasteiger charge is 2.17. The summed E-state index contributed by atoms with van der Waals surface area (Å²) in [6, 6.07) is 0. The molecule has 0 N–H and O–H groups in total. The third-order valence-corrected chi connectivity index (χ3v) is 2.96. The fourth-order valence-electron chi connectivity index (χ4n) is 0.967. The highest BCUT2D eigenvalue weighted by Crippen LogP contribution is 2.03. The number of alkyl halides is 1. The van der Waals surface area contributed by atoms with Crippen LogP contribution in [0.25, 0.3) is 0 Å². The van der Waals surface area contributed by atoms with Gasteiger partial charge in [0.15, 0.2) is 9.84 Å². The molecule has 0 saturated heterocycles. The van der Waals surface area contributed by atoms with Crippen molar-refractivity contribution in [3.8, 4) is 0 Å². The molecule has 0 aromatic carbocycles. The molecule has 0 aliphatic heterocycles. The van der Waals surface area contributed by atoms with Crippen molar-refractivity contribution in [2.45, 2.75) is 4.83 Å². The first kappa shape index (κ1) is 14.9. The molecule has 1 atom stereocenters. The molecule has 0 aliphatic rings. The molecule has 0 heterocycles. The molecule has 1 amide bonds. The molecular formula is C8H16BrNO4S. The van der Waals surface area contributed by atoms with Gasteiger partial charge in [-0.1, -0.05) is 15.9 Å². The van der Waals surface area contributed by atoms with Crippen LogP contribution < -0.4 is 0 Å². The van der Waals surface area contributed by atoms with Crippen molar-refractivity contribution in [1.82, 2.24) is 4.90 Å². The van der Waals surface area contributed by atoms with Gasteiger partial charge in [0.25, 0.3) is 0 Å². The lowest BCUT2D eigenvalue weighted by atomic mass is 10.4. The average Bonchev–Trinajstić information content (AvgIpc) is 2.00. The van der Waals surface area contributed by atoms with Crippen molar-refractivity contribution in [3.05, 3.63) is 0 Å². The van der Waals surface area contributed by atoms with Crippen LogP contribution in [-0.2, 0) is 19.4 Å². The first-order valence-corrected chi connectivity index (χ1v) is 7.28. The monoisotopic (exact) mass is 301 g/mol. The maximum Gasteiger partial charge on any atom is 0.237 e. The molecule has 0 spiro atoms. The van der Waals surface area contributed by atoms with E-state index >= 15 is 0 Å². The smallest absolute Gasteiger partial charge is 0.237 e. The molecule has 0 fully saturated rings. The summed E-state index contributed by atoms with van der Waals surface area (Å²) in [6.45, 7) is 0.888. The van der Waals surface area contributed by atoms with Gasteiger partial charge in [-0.3, -0.25) is 4.79 Å². The van der Waals surface area contributed by atoms with Gasteiger partial charge in [0.1, 0.15) is 5.75 Å². The Morgan fingerprint density at radius 2 is 2.07 bits per heavy atom. The van der Waals surface area contributed by atoms with Crippen LogP contribution >= 0.6 is 15.9 Å². The zero-order valence-corrected chi connectivity index (χ0v) is 11.5. The normalized spacial score (nSPS) is 13.6. The van der Waals surface area contributed by atoms with E-state index in [9.17, 15) is 13.2 Å². The zero-order chi connectivity index (χ0) is 12.1. The van der Waals surface area contributed by atoms with E-state index in [1.807, 2.05) is 0 Å². The summed E-state index contributed by atoms with van der Waals surface area (Å²) < 4.78 is 26.6. The number of rotatable bonds is 6. The zero-order valence-electron chi connectivity index (χ0n) is 9.07. The summed E-state index contributed by atoms with van der Waals surface area (Å²) in [5, 5.41) is 0. The third-order valence-electron chi connectivity index (χ3n) is 1.63. The van der Waals surface area contributed by atoms with Crippen molar-refractivity contribution < 1.29 is 17.9 Å². The molecule has 15 heavy (non-hydrogen) atoms. The van der Waals surface area contributed by atoms with Crippen LogP contribution in [0.5, 0.6) is 0 Å². The number of hydrogen-bond acceptors (Lipinski definition) is 4. The van der Waals surface area contributed by atoms with Crippen LogP contribution in [0, 0.1) is 0 Å². The van der Waals surface area contributed by atoms with Gasteiger partial charge in [-0.15, -0.1) is 0 Å². The Labute approximate surface area is 98.8 Å². The van der Waals surface area contributed by atoms with Crippen LogP contribution in [0.15, 0.2) is 0 Å². The number of halogens is 1. The number of carbonyl (C=O) groups excluding carboxylic acids is 1. The van der Waals surface area contributed by atoms with Gasteiger partial charge < -0.3 is 9.64 Å². The first-order chi connectivity index (χ1) is 6.76. The molecule has 0 aromatic heterocycles. The van der Waals surface area contributed by atoms with Gasteiger partial charge in [0.2, 0.25) is 5.91 Å². The van der Waals surface area contributed by atoms with Gasteiger partial charge in [-0.2, -0.15) is 0 Å². The Balaban J connectivity index is 4.10. The molecule has 7 heteroatoms.